The Balaban J connectivity index is 0.000000461. The summed E-state index contributed by atoms with van der Waals surface area (Å²) in [4.78, 5) is 2.36. The van der Waals surface area contributed by atoms with Gasteiger partial charge in [0.05, 0.1) is 0 Å². The van der Waals surface area contributed by atoms with Crippen molar-refractivity contribution < 1.29 is 0 Å². The van der Waals surface area contributed by atoms with Crippen molar-refractivity contribution in [2.45, 2.75) is 27.2 Å². The molecular formula is C10H21N. The Labute approximate surface area is 71.1 Å². The van der Waals surface area contributed by atoms with Crippen LogP contribution in [0.2, 0.25) is 0 Å². The molecule has 1 heterocycles. The molecule has 0 aromatic heterocycles. The predicted octanol–water partition coefficient (Wildman–Crippen LogP) is 2.54. The average Bonchev–Trinajstić information content (AvgIpc) is 2.02. The van der Waals surface area contributed by atoms with Gasteiger partial charge in [-0.3, -0.25) is 0 Å². The van der Waals surface area contributed by atoms with Gasteiger partial charge in [-0.2, -0.15) is 0 Å². The van der Waals surface area contributed by atoms with E-state index in [1.54, 1.807) is 0 Å². The lowest BCUT2D eigenvalue weighted by atomic mass is 9.95. The van der Waals surface area contributed by atoms with Crippen LogP contribution in [0.25, 0.3) is 0 Å². The summed E-state index contributed by atoms with van der Waals surface area (Å²) in [5.74, 6) is 0.712. The SMILES string of the molecule is C=C1CCN(C)CC1C.CC. The van der Waals surface area contributed by atoms with E-state index in [-0.39, 0.29) is 0 Å². The summed E-state index contributed by atoms with van der Waals surface area (Å²) < 4.78 is 0. The van der Waals surface area contributed by atoms with E-state index in [9.17, 15) is 0 Å². The zero-order chi connectivity index (χ0) is 8.85. The van der Waals surface area contributed by atoms with Crippen LogP contribution in [0.15, 0.2) is 12.2 Å². The second kappa shape index (κ2) is 5.36. The third-order valence-corrected chi connectivity index (χ3v) is 2.10. The van der Waals surface area contributed by atoms with Crippen LogP contribution < -0.4 is 0 Å². The van der Waals surface area contributed by atoms with Crippen LogP contribution in [-0.4, -0.2) is 25.0 Å². The summed E-state index contributed by atoms with van der Waals surface area (Å²) in [7, 11) is 2.17. The van der Waals surface area contributed by atoms with Gasteiger partial charge in [-0.05, 0) is 19.4 Å². The molecule has 0 saturated carbocycles. The van der Waals surface area contributed by atoms with Crippen molar-refractivity contribution in [2.24, 2.45) is 5.92 Å². The maximum atomic E-state index is 4.00. The molecular weight excluding hydrogens is 134 g/mol. The molecule has 1 saturated heterocycles. The van der Waals surface area contributed by atoms with E-state index in [0.717, 1.165) is 0 Å². The Hall–Kier alpha value is -0.300. The zero-order valence-electron chi connectivity index (χ0n) is 8.35. The number of likely N-dealkylation sites (tertiary alicyclic amines) is 1. The largest absolute Gasteiger partial charge is 0.305 e. The Morgan fingerprint density at radius 3 is 2.36 bits per heavy atom. The van der Waals surface area contributed by atoms with E-state index in [1.807, 2.05) is 13.8 Å². The molecule has 1 unspecified atom stereocenters. The monoisotopic (exact) mass is 155 g/mol. The standard InChI is InChI=1S/C8H15N.C2H6/c1-7-4-5-9(3)6-8(7)2;1-2/h8H,1,4-6H2,2-3H3;1-2H3. The second-order valence-electron chi connectivity index (χ2n) is 3.07. The first-order chi connectivity index (χ1) is 5.20. The van der Waals surface area contributed by atoms with Crippen LogP contribution in [0.3, 0.4) is 0 Å². The predicted molar refractivity (Wildman–Crippen MR) is 51.8 cm³/mol. The van der Waals surface area contributed by atoms with Crippen LogP contribution >= 0.6 is 0 Å². The highest BCUT2D eigenvalue weighted by molar-refractivity contribution is 5.03. The minimum absolute atomic E-state index is 0.712. The van der Waals surface area contributed by atoms with Gasteiger partial charge in [-0.25, -0.2) is 0 Å². The maximum absolute atomic E-state index is 4.00. The molecule has 0 spiro atoms. The first-order valence-electron chi connectivity index (χ1n) is 4.56. The van der Waals surface area contributed by atoms with Crippen molar-refractivity contribution in [2.75, 3.05) is 20.1 Å². The van der Waals surface area contributed by atoms with Crippen LogP contribution in [0.1, 0.15) is 27.2 Å². The van der Waals surface area contributed by atoms with Gasteiger partial charge in [-0.1, -0.05) is 32.9 Å². The molecule has 66 valence electrons. The summed E-state index contributed by atoms with van der Waals surface area (Å²) in [5, 5.41) is 0. The molecule has 0 N–H and O–H groups in total. The molecule has 0 radical (unpaired) electrons. The maximum Gasteiger partial charge on any atom is 0.00413 e. The van der Waals surface area contributed by atoms with Crippen molar-refractivity contribution in [3.63, 3.8) is 0 Å². The molecule has 0 aromatic rings. The smallest absolute Gasteiger partial charge is 0.00413 e. The topological polar surface area (TPSA) is 3.24 Å². The van der Waals surface area contributed by atoms with Gasteiger partial charge in [-0.15, -0.1) is 0 Å². The molecule has 1 atom stereocenters. The van der Waals surface area contributed by atoms with Gasteiger partial charge in [0.25, 0.3) is 0 Å². The van der Waals surface area contributed by atoms with Gasteiger partial charge < -0.3 is 4.90 Å². The number of hydrogen-bond donors (Lipinski definition) is 0. The fourth-order valence-electron chi connectivity index (χ4n) is 1.27. The van der Waals surface area contributed by atoms with Gasteiger partial charge in [0, 0.05) is 13.1 Å². The molecule has 1 fully saturated rings. The Morgan fingerprint density at radius 2 is 2.00 bits per heavy atom. The second-order valence-corrected chi connectivity index (χ2v) is 3.07. The highest BCUT2D eigenvalue weighted by Crippen LogP contribution is 2.18. The third-order valence-electron chi connectivity index (χ3n) is 2.10. The summed E-state index contributed by atoms with van der Waals surface area (Å²) in [6.07, 6.45) is 1.19. The summed E-state index contributed by atoms with van der Waals surface area (Å²) in [5.41, 5.74) is 1.42. The molecule has 1 heteroatoms. The van der Waals surface area contributed by atoms with Gasteiger partial charge in [0.15, 0.2) is 0 Å². The highest BCUT2D eigenvalue weighted by Gasteiger charge is 2.15. The van der Waals surface area contributed by atoms with Crippen molar-refractivity contribution in [1.82, 2.24) is 4.90 Å². The Kier molecular flexibility index (Phi) is 5.22. The van der Waals surface area contributed by atoms with Crippen molar-refractivity contribution in [3.8, 4) is 0 Å². The number of rotatable bonds is 0. The lowest BCUT2D eigenvalue weighted by Gasteiger charge is -2.28. The highest BCUT2D eigenvalue weighted by atomic mass is 15.1. The van der Waals surface area contributed by atoms with E-state index in [4.69, 9.17) is 0 Å². The Bertz CT molecular complexity index is 118. The molecule has 11 heavy (non-hydrogen) atoms. The average molecular weight is 155 g/mol. The molecule has 0 amide bonds. The molecule has 1 nitrogen and oxygen atoms in total. The minimum Gasteiger partial charge on any atom is -0.305 e. The van der Waals surface area contributed by atoms with Gasteiger partial charge in [0.1, 0.15) is 0 Å². The molecule has 1 aliphatic rings. The molecule has 0 bridgehead atoms. The third kappa shape index (κ3) is 3.57. The van der Waals surface area contributed by atoms with Crippen molar-refractivity contribution in [3.05, 3.63) is 12.2 Å². The number of piperidine rings is 1. The van der Waals surface area contributed by atoms with Crippen molar-refractivity contribution in [1.29, 1.82) is 0 Å². The quantitative estimate of drug-likeness (QED) is 0.486. The Morgan fingerprint density at radius 1 is 1.45 bits per heavy atom. The first-order valence-corrected chi connectivity index (χ1v) is 4.56. The number of nitrogens with zero attached hydrogens (tertiary/aromatic N) is 1. The van der Waals surface area contributed by atoms with Gasteiger partial charge >= 0.3 is 0 Å². The van der Waals surface area contributed by atoms with Crippen LogP contribution in [0.5, 0.6) is 0 Å². The molecule has 0 aliphatic carbocycles. The fraction of sp³-hybridized carbons (Fsp3) is 0.800. The van der Waals surface area contributed by atoms with E-state index in [0.29, 0.717) is 5.92 Å². The zero-order valence-corrected chi connectivity index (χ0v) is 8.35. The lowest BCUT2D eigenvalue weighted by Crippen LogP contribution is -2.31. The lowest BCUT2D eigenvalue weighted by molar-refractivity contribution is 0.268. The van der Waals surface area contributed by atoms with Crippen molar-refractivity contribution >= 4 is 0 Å². The summed E-state index contributed by atoms with van der Waals surface area (Å²) in [6.45, 7) is 12.6. The first kappa shape index (κ1) is 10.7. The van der Waals surface area contributed by atoms with E-state index in [2.05, 4.69) is 25.5 Å². The normalized spacial score (nSPS) is 25.8. The number of hydrogen-bond acceptors (Lipinski definition) is 1. The molecule has 0 aromatic carbocycles. The summed E-state index contributed by atoms with van der Waals surface area (Å²) >= 11 is 0. The van der Waals surface area contributed by atoms with E-state index < -0.39 is 0 Å². The van der Waals surface area contributed by atoms with Crippen LogP contribution in [-0.2, 0) is 0 Å². The molecule has 1 aliphatic heterocycles. The molecule has 1 rings (SSSR count). The minimum atomic E-state index is 0.712. The van der Waals surface area contributed by atoms with E-state index >= 15 is 0 Å². The summed E-state index contributed by atoms with van der Waals surface area (Å²) in [6, 6.07) is 0. The van der Waals surface area contributed by atoms with Gasteiger partial charge in [0.2, 0.25) is 0 Å². The fourth-order valence-corrected chi connectivity index (χ4v) is 1.27. The van der Waals surface area contributed by atoms with Crippen LogP contribution in [0, 0.1) is 5.92 Å². The van der Waals surface area contributed by atoms with E-state index in [1.165, 1.54) is 25.1 Å². The van der Waals surface area contributed by atoms with Crippen LogP contribution in [0.4, 0.5) is 0 Å².